The van der Waals surface area contributed by atoms with Gasteiger partial charge in [0, 0.05) is 37.3 Å². The monoisotopic (exact) mass is 662 g/mol. The number of hydrogen-bond acceptors (Lipinski definition) is 8. The molecule has 0 aliphatic heterocycles. The van der Waals surface area contributed by atoms with Crippen molar-refractivity contribution in [3.63, 3.8) is 0 Å². The Kier molecular flexibility index (Phi) is 15.2. The predicted octanol–water partition coefficient (Wildman–Crippen LogP) is 1.53. The van der Waals surface area contributed by atoms with Crippen molar-refractivity contribution >= 4 is 23.6 Å². The van der Waals surface area contributed by atoms with E-state index in [0.29, 0.717) is 18.5 Å². The van der Waals surface area contributed by atoms with Crippen molar-refractivity contribution in [2.24, 2.45) is 17.6 Å². The van der Waals surface area contributed by atoms with Gasteiger partial charge in [-0.25, -0.2) is 4.98 Å². The van der Waals surface area contributed by atoms with Crippen LogP contribution in [0.5, 0.6) is 0 Å². The molecule has 2 heterocycles. The molecule has 260 valence electrons. The van der Waals surface area contributed by atoms with Crippen molar-refractivity contribution in [3.05, 3.63) is 84.2 Å². The molecule has 3 aromatic rings. The van der Waals surface area contributed by atoms with Gasteiger partial charge in [0.2, 0.25) is 23.6 Å². The number of aliphatic hydroxyl groups excluding tert-OH is 1. The highest BCUT2D eigenvalue weighted by molar-refractivity contribution is 5.90. The fourth-order valence-corrected chi connectivity index (χ4v) is 5.27. The van der Waals surface area contributed by atoms with E-state index in [0.717, 1.165) is 11.1 Å². The number of rotatable bonds is 19. The lowest BCUT2D eigenvalue weighted by atomic mass is 9.96. The largest absolute Gasteiger partial charge is 0.390 e. The lowest BCUT2D eigenvalue weighted by Crippen LogP contribution is -2.56. The zero-order chi connectivity index (χ0) is 35.1. The second-order valence-corrected chi connectivity index (χ2v) is 13.0. The van der Waals surface area contributed by atoms with E-state index in [4.69, 9.17) is 5.73 Å². The number of imidazole rings is 1. The molecule has 13 heteroatoms. The predicted molar refractivity (Wildman–Crippen MR) is 182 cm³/mol. The van der Waals surface area contributed by atoms with Crippen LogP contribution in [0.4, 0.5) is 0 Å². The average molecular weight is 663 g/mol. The van der Waals surface area contributed by atoms with Crippen LogP contribution in [0, 0.1) is 11.8 Å². The van der Waals surface area contributed by atoms with Crippen molar-refractivity contribution < 1.29 is 24.3 Å². The molecule has 3 rings (SSSR count). The van der Waals surface area contributed by atoms with Gasteiger partial charge in [-0.3, -0.25) is 24.2 Å². The summed E-state index contributed by atoms with van der Waals surface area (Å²) in [4.78, 5) is 63.9. The molecule has 13 nitrogen and oxygen atoms in total. The Morgan fingerprint density at radius 3 is 2.10 bits per heavy atom. The van der Waals surface area contributed by atoms with E-state index < -0.39 is 48.0 Å². The van der Waals surface area contributed by atoms with E-state index >= 15 is 0 Å². The molecule has 0 saturated carbocycles. The first-order valence-electron chi connectivity index (χ1n) is 16.4. The normalized spacial score (nSPS) is 14.4. The number of benzene rings is 1. The molecule has 0 unspecified atom stereocenters. The minimum absolute atomic E-state index is 0.0561. The topological polar surface area (TPSA) is 204 Å². The molecule has 0 bridgehead atoms. The Morgan fingerprint density at radius 1 is 0.792 bits per heavy atom. The number of nitrogens with one attached hydrogen (secondary N) is 5. The molecule has 48 heavy (non-hydrogen) atoms. The van der Waals surface area contributed by atoms with Gasteiger partial charge >= 0.3 is 0 Å². The second kappa shape index (κ2) is 19.3. The van der Waals surface area contributed by atoms with E-state index in [1.54, 1.807) is 30.7 Å². The van der Waals surface area contributed by atoms with Crippen LogP contribution >= 0.6 is 0 Å². The van der Waals surface area contributed by atoms with Crippen LogP contribution in [-0.2, 0) is 38.6 Å². The van der Waals surface area contributed by atoms with Gasteiger partial charge in [0.25, 0.3) is 0 Å². The van der Waals surface area contributed by atoms with E-state index in [-0.39, 0.29) is 43.6 Å². The van der Waals surface area contributed by atoms with Gasteiger partial charge in [0.1, 0.15) is 12.1 Å². The molecule has 0 fully saturated rings. The molecule has 4 amide bonds. The maximum Gasteiger partial charge on any atom is 0.243 e. The number of carbonyl (C=O) groups excluding carboxylic acids is 4. The summed E-state index contributed by atoms with van der Waals surface area (Å²) in [5, 5.41) is 22.5. The van der Waals surface area contributed by atoms with Gasteiger partial charge in [-0.1, -0.05) is 58.0 Å². The summed E-state index contributed by atoms with van der Waals surface area (Å²) in [6, 6.07) is 9.37. The lowest BCUT2D eigenvalue weighted by Gasteiger charge is -2.29. The van der Waals surface area contributed by atoms with Crippen LogP contribution in [0.15, 0.2) is 67.4 Å². The highest BCUT2D eigenvalue weighted by Gasteiger charge is 2.31. The Balaban J connectivity index is 1.66. The van der Waals surface area contributed by atoms with E-state index in [1.165, 1.54) is 6.33 Å². The van der Waals surface area contributed by atoms with E-state index in [9.17, 15) is 24.3 Å². The third kappa shape index (κ3) is 13.2. The van der Waals surface area contributed by atoms with Crippen molar-refractivity contribution in [3.8, 4) is 0 Å². The third-order valence-corrected chi connectivity index (χ3v) is 7.73. The van der Waals surface area contributed by atoms with Crippen LogP contribution in [0.1, 0.15) is 63.8 Å². The first-order valence-corrected chi connectivity index (χ1v) is 16.4. The summed E-state index contributed by atoms with van der Waals surface area (Å²) >= 11 is 0. The lowest BCUT2D eigenvalue weighted by molar-refractivity contribution is -0.132. The molecule has 1 aromatic carbocycles. The summed E-state index contributed by atoms with van der Waals surface area (Å²) in [6.45, 7) is 8.05. The number of hydrogen-bond donors (Lipinski definition) is 7. The van der Waals surface area contributed by atoms with Crippen molar-refractivity contribution in [1.29, 1.82) is 0 Å². The highest BCUT2D eigenvalue weighted by Crippen LogP contribution is 2.14. The summed E-state index contributed by atoms with van der Waals surface area (Å²) < 4.78 is 0. The van der Waals surface area contributed by atoms with Crippen LogP contribution in [-0.4, -0.2) is 74.0 Å². The highest BCUT2D eigenvalue weighted by atomic mass is 16.3. The number of amides is 4. The average Bonchev–Trinajstić information content (AvgIpc) is 3.56. The third-order valence-electron chi connectivity index (χ3n) is 7.73. The molecule has 0 spiro atoms. The smallest absolute Gasteiger partial charge is 0.243 e. The van der Waals surface area contributed by atoms with Gasteiger partial charge in [0.15, 0.2) is 0 Å². The number of pyridine rings is 1. The number of nitrogens with zero attached hydrogens (tertiary/aromatic N) is 2. The fraction of sp³-hybridized carbons (Fsp3) is 0.486. The number of nitrogens with two attached hydrogens (primary N) is 1. The summed E-state index contributed by atoms with van der Waals surface area (Å²) in [7, 11) is 0. The van der Waals surface area contributed by atoms with Gasteiger partial charge in [-0.05, 0) is 54.4 Å². The summed E-state index contributed by atoms with van der Waals surface area (Å²) in [5.41, 5.74) is 8.57. The quantitative estimate of drug-likeness (QED) is 0.100. The van der Waals surface area contributed by atoms with Crippen LogP contribution < -0.4 is 27.0 Å². The van der Waals surface area contributed by atoms with Gasteiger partial charge < -0.3 is 37.1 Å². The number of aromatic amines is 1. The minimum atomic E-state index is -1.26. The van der Waals surface area contributed by atoms with Crippen molar-refractivity contribution in [1.82, 2.24) is 36.2 Å². The standard InChI is InChI=1S/C35H50N8O5/c1-22(2)14-28(31(44)18-32(45)41-29(15-23(3)4)34(47)39-19-25-10-12-37-13-11-25)42-35(48)30(17-26-20-38-21-40-26)43-33(46)27(36)16-24-8-6-5-7-9-24/h5-13,20-23,27-31,44H,14-19,36H2,1-4H3,(H,38,40)(H,39,47)(H,41,45)(H,42,48)(H,43,46)/t27-,28-,29-,30-,31-/m0/s1. The molecular weight excluding hydrogens is 612 g/mol. The number of aliphatic hydroxyl groups is 1. The molecule has 0 radical (unpaired) electrons. The van der Waals surface area contributed by atoms with Crippen LogP contribution in [0.3, 0.4) is 0 Å². The minimum Gasteiger partial charge on any atom is -0.390 e. The SMILES string of the molecule is CC(C)C[C@H](NC(=O)C[C@H](O)[C@H](CC(C)C)NC(=O)[C@H](Cc1cnc[nH]1)NC(=O)[C@@H](N)Cc1ccccc1)C(=O)NCc1ccncc1. The number of carbonyl (C=O) groups is 4. The van der Waals surface area contributed by atoms with Gasteiger partial charge in [0.05, 0.1) is 30.9 Å². The van der Waals surface area contributed by atoms with E-state index in [2.05, 4.69) is 36.2 Å². The molecule has 8 N–H and O–H groups in total. The second-order valence-electron chi connectivity index (χ2n) is 13.0. The van der Waals surface area contributed by atoms with E-state index in [1.807, 2.05) is 58.0 Å². The first kappa shape index (κ1) is 37.8. The Labute approximate surface area is 282 Å². The van der Waals surface area contributed by atoms with Crippen LogP contribution in [0.2, 0.25) is 0 Å². The Hall–Kier alpha value is -4.62. The van der Waals surface area contributed by atoms with Crippen molar-refractivity contribution in [2.45, 2.75) is 96.6 Å². The maximum atomic E-state index is 13.7. The maximum absolute atomic E-state index is 13.7. The van der Waals surface area contributed by atoms with Gasteiger partial charge in [-0.2, -0.15) is 0 Å². The zero-order valence-corrected chi connectivity index (χ0v) is 28.2. The molecule has 0 aliphatic carbocycles. The molecule has 0 aliphatic rings. The Bertz CT molecular complexity index is 1420. The summed E-state index contributed by atoms with van der Waals surface area (Å²) in [5.74, 6) is -1.73. The zero-order valence-electron chi connectivity index (χ0n) is 28.2. The molecule has 5 atom stereocenters. The molecule has 0 saturated heterocycles. The van der Waals surface area contributed by atoms with Crippen molar-refractivity contribution in [2.75, 3.05) is 0 Å². The Morgan fingerprint density at radius 2 is 1.48 bits per heavy atom. The van der Waals surface area contributed by atoms with Crippen LogP contribution in [0.25, 0.3) is 0 Å². The molecule has 2 aromatic heterocycles. The number of aromatic nitrogens is 3. The van der Waals surface area contributed by atoms with Gasteiger partial charge in [-0.15, -0.1) is 0 Å². The summed E-state index contributed by atoms with van der Waals surface area (Å²) in [6.07, 6.45) is 5.85. The molecular formula is C35H50N8O5. The first-order chi connectivity index (χ1) is 22.9. The number of H-pyrrole nitrogens is 1. The fourth-order valence-electron chi connectivity index (χ4n) is 5.27.